The van der Waals surface area contributed by atoms with Crippen LogP contribution in [0.4, 0.5) is 0 Å². The summed E-state index contributed by atoms with van der Waals surface area (Å²) in [6.07, 6.45) is 0.455. The number of carbonyl (C=O) groups excluding carboxylic acids is 3. The summed E-state index contributed by atoms with van der Waals surface area (Å²) < 4.78 is 21.3. The van der Waals surface area contributed by atoms with Gasteiger partial charge in [-0.1, -0.05) is 19.1 Å². The summed E-state index contributed by atoms with van der Waals surface area (Å²) >= 11 is 0. The average Bonchev–Trinajstić information content (AvgIpc) is 2.77. The molecule has 0 saturated carbocycles. The summed E-state index contributed by atoms with van der Waals surface area (Å²) in [7, 11) is 4.28. The van der Waals surface area contributed by atoms with Gasteiger partial charge in [0.1, 0.15) is 5.92 Å². The molecule has 32 heavy (non-hydrogen) atoms. The Balaban J connectivity index is 2.28. The molecule has 1 aliphatic heterocycles. The molecule has 3 atom stereocenters. The first-order valence-electron chi connectivity index (χ1n) is 10.5. The van der Waals surface area contributed by atoms with Gasteiger partial charge in [0.05, 0.1) is 39.4 Å². The quantitative estimate of drug-likeness (QED) is 0.529. The molecule has 0 radical (unpaired) electrons. The van der Waals surface area contributed by atoms with E-state index in [9.17, 15) is 14.4 Å². The van der Waals surface area contributed by atoms with Crippen LogP contribution in [0.2, 0.25) is 0 Å². The van der Waals surface area contributed by atoms with Gasteiger partial charge in [-0.05, 0) is 32.3 Å². The van der Waals surface area contributed by atoms with E-state index in [1.165, 1.54) is 21.3 Å². The minimum atomic E-state index is -0.957. The maximum absolute atomic E-state index is 13.7. The lowest BCUT2D eigenvalue weighted by Gasteiger charge is -2.38. The number of hydrogen-bond donors (Lipinski definition) is 1. The molecule has 0 fully saturated rings. The number of ketones is 1. The van der Waals surface area contributed by atoms with Gasteiger partial charge >= 0.3 is 11.9 Å². The molecule has 1 heterocycles. The highest BCUT2D eigenvalue weighted by Gasteiger charge is 2.48. The van der Waals surface area contributed by atoms with Crippen LogP contribution >= 0.6 is 0 Å². The summed E-state index contributed by atoms with van der Waals surface area (Å²) in [6, 6.07) is 5.29. The molecule has 8 nitrogen and oxygen atoms in total. The summed E-state index contributed by atoms with van der Waals surface area (Å²) in [6.45, 7) is 5.51. The molecular weight excluding hydrogens is 414 g/mol. The number of nitrogens with one attached hydrogen (secondary N) is 1. The molecule has 1 aliphatic carbocycles. The number of Topliss-reactive ketones (excluding diaryl/α,β-unsaturated/α-hetero) is 1. The third-order valence-corrected chi connectivity index (χ3v) is 5.98. The third kappa shape index (κ3) is 3.85. The van der Waals surface area contributed by atoms with E-state index in [2.05, 4.69) is 5.32 Å². The standard InChI is InChI=1S/C24H29NO7/c1-7-32-24(28)18-13(3)25-15-11-12(2)17(23(27)31-6)21(26)20(15)19(18)14-9-8-10-16(29-4)22(14)30-5/h8-10,12,17,19,25H,7,11H2,1-6H3/t12-,17-,19+/m0/s1. The Hall–Kier alpha value is -3.29. The Kier molecular flexibility index (Phi) is 6.91. The lowest BCUT2D eigenvalue weighted by atomic mass is 9.69. The van der Waals surface area contributed by atoms with Gasteiger partial charge in [0.2, 0.25) is 0 Å². The van der Waals surface area contributed by atoms with E-state index in [4.69, 9.17) is 18.9 Å². The molecule has 2 aliphatic rings. The number of carbonyl (C=O) groups is 3. The highest BCUT2D eigenvalue weighted by atomic mass is 16.5. The minimum absolute atomic E-state index is 0.180. The largest absolute Gasteiger partial charge is 0.493 e. The second kappa shape index (κ2) is 9.46. The fraction of sp³-hybridized carbons (Fsp3) is 0.458. The number of dihydropyridines is 1. The van der Waals surface area contributed by atoms with E-state index >= 15 is 0 Å². The van der Waals surface area contributed by atoms with Gasteiger partial charge in [-0.3, -0.25) is 9.59 Å². The van der Waals surface area contributed by atoms with E-state index < -0.39 is 23.8 Å². The van der Waals surface area contributed by atoms with Crippen LogP contribution in [0.15, 0.2) is 40.7 Å². The lowest BCUT2D eigenvalue weighted by molar-refractivity contribution is -0.151. The van der Waals surface area contributed by atoms with E-state index in [1.54, 1.807) is 32.0 Å². The maximum Gasteiger partial charge on any atom is 0.336 e. The second-order valence-electron chi connectivity index (χ2n) is 7.84. The van der Waals surface area contributed by atoms with E-state index in [-0.39, 0.29) is 18.3 Å². The number of para-hydroxylation sites is 1. The number of ether oxygens (including phenoxy) is 4. The Morgan fingerprint density at radius 3 is 2.47 bits per heavy atom. The Morgan fingerprint density at radius 2 is 1.88 bits per heavy atom. The van der Waals surface area contributed by atoms with Crippen molar-refractivity contribution in [3.63, 3.8) is 0 Å². The molecule has 0 saturated heterocycles. The summed E-state index contributed by atoms with van der Waals surface area (Å²) in [5, 5.41) is 3.23. The zero-order chi connectivity index (χ0) is 23.6. The molecule has 0 spiro atoms. The average molecular weight is 443 g/mol. The smallest absolute Gasteiger partial charge is 0.336 e. The van der Waals surface area contributed by atoms with Gasteiger partial charge in [0.15, 0.2) is 17.3 Å². The van der Waals surface area contributed by atoms with Crippen molar-refractivity contribution in [1.29, 1.82) is 0 Å². The van der Waals surface area contributed by atoms with Crippen LogP contribution in [0.25, 0.3) is 0 Å². The Bertz CT molecular complexity index is 1010. The number of methoxy groups -OCH3 is 3. The van der Waals surface area contributed by atoms with Crippen LogP contribution in [0.1, 0.15) is 38.7 Å². The fourth-order valence-electron chi connectivity index (χ4n) is 4.61. The van der Waals surface area contributed by atoms with Crippen molar-refractivity contribution in [2.75, 3.05) is 27.9 Å². The lowest BCUT2D eigenvalue weighted by Crippen LogP contribution is -2.43. The molecule has 3 rings (SSSR count). The van der Waals surface area contributed by atoms with Crippen LogP contribution in [0.5, 0.6) is 11.5 Å². The fourth-order valence-corrected chi connectivity index (χ4v) is 4.61. The molecule has 1 aromatic carbocycles. The third-order valence-electron chi connectivity index (χ3n) is 5.98. The number of rotatable bonds is 6. The van der Waals surface area contributed by atoms with E-state index in [0.29, 0.717) is 46.0 Å². The summed E-state index contributed by atoms with van der Waals surface area (Å²) in [5.74, 6) is -2.64. The number of hydrogen-bond acceptors (Lipinski definition) is 8. The summed E-state index contributed by atoms with van der Waals surface area (Å²) in [4.78, 5) is 39.2. The molecule has 0 aromatic heterocycles. The van der Waals surface area contributed by atoms with Crippen LogP contribution in [-0.2, 0) is 23.9 Å². The zero-order valence-corrected chi connectivity index (χ0v) is 19.2. The van der Waals surface area contributed by atoms with Crippen molar-refractivity contribution in [3.05, 3.63) is 46.3 Å². The first-order valence-corrected chi connectivity index (χ1v) is 10.5. The SMILES string of the molecule is CCOC(=O)C1=C(C)NC2=C(C(=O)[C@@H](C(=O)OC)[C@@H](C)C2)[C@@H]1c1cccc(OC)c1OC. The molecule has 0 unspecified atom stereocenters. The molecular formula is C24H29NO7. The molecule has 0 bridgehead atoms. The van der Waals surface area contributed by atoms with Crippen LogP contribution in [0.3, 0.4) is 0 Å². The number of esters is 2. The number of benzene rings is 1. The van der Waals surface area contributed by atoms with Crippen molar-refractivity contribution in [2.24, 2.45) is 11.8 Å². The van der Waals surface area contributed by atoms with Gasteiger partial charge in [0, 0.05) is 22.5 Å². The van der Waals surface area contributed by atoms with Gasteiger partial charge in [0.25, 0.3) is 0 Å². The predicted octanol–water partition coefficient (Wildman–Crippen LogP) is 2.88. The Labute approximate surface area is 187 Å². The Morgan fingerprint density at radius 1 is 1.16 bits per heavy atom. The van der Waals surface area contributed by atoms with Crippen LogP contribution in [-0.4, -0.2) is 45.7 Å². The van der Waals surface area contributed by atoms with Crippen LogP contribution in [0, 0.1) is 11.8 Å². The van der Waals surface area contributed by atoms with Crippen molar-refractivity contribution >= 4 is 17.7 Å². The monoisotopic (exact) mass is 443 g/mol. The predicted molar refractivity (Wildman–Crippen MR) is 116 cm³/mol. The topological polar surface area (TPSA) is 100 Å². The molecule has 1 N–H and O–H groups in total. The molecule has 1 aromatic rings. The first kappa shape index (κ1) is 23.4. The van der Waals surface area contributed by atoms with Crippen LogP contribution < -0.4 is 14.8 Å². The highest BCUT2D eigenvalue weighted by Crippen LogP contribution is 2.49. The molecule has 8 heteroatoms. The first-order chi connectivity index (χ1) is 15.3. The molecule has 0 amide bonds. The van der Waals surface area contributed by atoms with Crippen molar-refractivity contribution in [2.45, 2.75) is 33.1 Å². The normalized spacial score (nSPS) is 22.7. The van der Waals surface area contributed by atoms with E-state index in [1.807, 2.05) is 6.92 Å². The van der Waals surface area contributed by atoms with Crippen molar-refractivity contribution < 1.29 is 33.3 Å². The van der Waals surface area contributed by atoms with Gasteiger partial charge in [-0.2, -0.15) is 0 Å². The second-order valence-corrected chi connectivity index (χ2v) is 7.84. The minimum Gasteiger partial charge on any atom is -0.493 e. The van der Waals surface area contributed by atoms with Crippen molar-refractivity contribution in [1.82, 2.24) is 5.32 Å². The molecule has 172 valence electrons. The summed E-state index contributed by atoms with van der Waals surface area (Å²) in [5.41, 5.74) is 2.49. The van der Waals surface area contributed by atoms with Gasteiger partial charge < -0.3 is 24.3 Å². The van der Waals surface area contributed by atoms with Gasteiger partial charge in [-0.25, -0.2) is 4.79 Å². The van der Waals surface area contributed by atoms with Gasteiger partial charge in [-0.15, -0.1) is 0 Å². The van der Waals surface area contributed by atoms with E-state index in [0.717, 1.165) is 0 Å². The number of allylic oxidation sites excluding steroid dienone is 3. The highest BCUT2D eigenvalue weighted by molar-refractivity contribution is 6.12. The van der Waals surface area contributed by atoms with Crippen molar-refractivity contribution in [3.8, 4) is 11.5 Å². The zero-order valence-electron chi connectivity index (χ0n) is 19.2. The maximum atomic E-state index is 13.7.